The van der Waals surface area contributed by atoms with Crippen LogP contribution in [0.1, 0.15) is 36.1 Å². The Bertz CT molecular complexity index is 2500. The van der Waals surface area contributed by atoms with Crippen molar-refractivity contribution in [3.8, 4) is 44.5 Å². The summed E-state index contributed by atoms with van der Waals surface area (Å²) in [6, 6.07) is 54.3. The minimum atomic E-state index is -0.0717. The summed E-state index contributed by atoms with van der Waals surface area (Å²) in [7, 11) is 0. The monoisotopic (exact) mass is 600 g/mol. The van der Waals surface area contributed by atoms with E-state index in [2.05, 4.69) is 173 Å². The molecular formula is C47H36. The van der Waals surface area contributed by atoms with Crippen molar-refractivity contribution in [3.05, 3.63) is 168 Å². The largest absolute Gasteiger partial charge is 0.0620 e. The van der Waals surface area contributed by atoms with E-state index in [1.165, 1.54) is 99.1 Å². The molecule has 0 fully saturated rings. The fraction of sp³-hybridized carbons (Fsp3) is 0.106. The fourth-order valence-electron chi connectivity index (χ4n) is 8.57. The Balaban J connectivity index is 1.32. The van der Waals surface area contributed by atoms with E-state index in [0.29, 0.717) is 0 Å². The van der Waals surface area contributed by atoms with E-state index in [9.17, 15) is 0 Å². The Morgan fingerprint density at radius 1 is 0.404 bits per heavy atom. The van der Waals surface area contributed by atoms with Gasteiger partial charge in [-0.05, 0) is 119 Å². The second-order valence-corrected chi connectivity index (χ2v) is 13.7. The Hall–Kier alpha value is -5.46. The van der Waals surface area contributed by atoms with Crippen molar-refractivity contribution < 1.29 is 0 Å². The predicted octanol–water partition coefficient (Wildman–Crippen LogP) is 13.1. The average molecular weight is 601 g/mol. The van der Waals surface area contributed by atoms with Gasteiger partial charge < -0.3 is 0 Å². The van der Waals surface area contributed by atoms with Crippen molar-refractivity contribution in [2.45, 2.75) is 33.1 Å². The van der Waals surface area contributed by atoms with Crippen LogP contribution in [-0.4, -0.2) is 0 Å². The summed E-state index contributed by atoms with van der Waals surface area (Å²) in [5.74, 6) is 0. The van der Waals surface area contributed by atoms with Crippen molar-refractivity contribution in [1.82, 2.24) is 0 Å². The summed E-state index contributed by atoms with van der Waals surface area (Å²) < 4.78 is 0. The normalized spacial score (nSPS) is 13.3. The standard InChI is InChI=1S/C47H36/c1-29-14-5-7-16-33(29)34-22-13-23-35(30(34)2)45-39-20-11-9-18-37(39)44(38-19-10-12-21-40(38)45)32-25-27-43-42(28-32)41-26-24-31-15-6-8-17-36(31)46(41)47(43,3)4/h5-28H,1-4H3. The molecule has 0 nitrogen and oxygen atoms in total. The topological polar surface area (TPSA) is 0 Å². The summed E-state index contributed by atoms with van der Waals surface area (Å²) in [6.45, 7) is 9.27. The van der Waals surface area contributed by atoms with Gasteiger partial charge in [-0.1, -0.05) is 153 Å². The first-order valence-corrected chi connectivity index (χ1v) is 16.7. The minimum absolute atomic E-state index is 0.0717. The van der Waals surface area contributed by atoms with Gasteiger partial charge in [0.15, 0.2) is 0 Å². The first-order valence-electron chi connectivity index (χ1n) is 16.7. The average Bonchev–Trinajstić information content (AvgIpc) is 3.33. The third kappa shape index (κ3) is 4.01. The van der Waals surface area contributed by atoms with E-state index in [-0.39, 0.29) is 5.41 Å². The van der Waals surface area contributed by atoms with E-state index in [1.54, 1.807) is 0 Å². The summed E-state index contributed by atoms with van der Waals surface area (Å²) >= 11 is 0. The van der Waals surface area contributed by atoms with Crippen LogP contribution in [0.4, 0.5) is 0 Å². The quantitative estimate of drug-likeness (QED) is 0.177. The molecule has 0 amide bonds. The van der Waals surface area contributed by atoms with Crippen LogP contribution in [0.5, 0.6) is 0 Å². The summed E-state index contributed by atoms with van der Waals surface area (Å²) in [6.07, 6.45) is 0. The molecule has 8 aromatic rings. The molecule has 0 atom stereocenters. The molecule has 0 saturated carbocycles. The second kappa shape index (κ2) is 10.3. The molecule has 0 aromatic heterocycles. The van der Waals surface area contributed by atoms with Gasteiger partial charge >= 0.3 is 0 Å². The van der Waals surface area contributed by atoms with Crippen LogP contribution in [-0.2, 0) is 5.41 Å². The molecule has 224 valence electrons. The first-order chi connectivity index (χ1) is 22.9. The highest BCUT2D eigenvalue weighted by Crippen LogP contribution is 2.53. The maximum atomic E-state index is 2.47. The number of fused-ring (bicyclic) bond motifs is 7. The molecule has 0 heterocycles. The molecular weight excluding hydrogens is 565 g/mol. The van der Waals surface area contributed by atoms with Gasteiger partial charge in [-0.15, -0.1) is 0 Å². The Morgan fingerprint density at radius 2 is 0.979 bits per heavy atom. The van der Waals surface area contributed by atoms with Crippen LogP contribution in [0.3, 0.4) is 0 Å². The SMILES string of the molecule is Cc1ccccc1-c1cccc(-c2c3ccccc3c(-c3ccc4c(c3)-c3ccc5ccccc5c3C4(C)C)c3ccccc23)c1C. The van der Waals surface area contributed by atoms with Crippen LogP contribution < -0.4 is 0 Å². The lowest BCUT2D eigenvalue weighted by molar-refractivity contribution is 0.666. The van der Waals surface area contributed by atoms with E-state index >= 15 is 0 Å². The van der Waals surface area contributed by atoms with Crippen LogP contribution in [0.15, 0.2) is 146 Å². The van der Waals surface area contributed by atoms with Gasteiger partial charge in [-0.3, -0.25) is 0 Å². The zero-order valence-corrected chi connectivity index (χ0v) is 27.4. The minimum Gasteiger partial charge on any atom is -0.0620 e. The number of benzene rings is 8. The zero-order chi connectivity index (χ0) is 31.9. The van der Waals surface area contributed by atoms with Crippen LogP contribution in [0, 0.1) is 13.8 Å². The maximum absolute atomic E-state index is 2.47. The third-order valence-electron chi connectivity index (χ3n) is 10.8. The number of aryl methyl sites for hydroxylation is 1. The second-order valence-electron chi connectivity index (χ2n) is 13.7. The van der Waals surface area contributed by atoms with Crippen molar-refractivity contribution in [3.63, 3.8) is 0 Å². The van der Waals surface area contributed by atoms with E-state index in [0.717, 1.165) is 0 Å². The van der Waals surface area contributed by atoms with Gasteiger partial charge in [-0.2, -0.15) is 0 Å². The number of rotatable bonds is 3. The highest BCUT2D eigenvalue weighted by atomic mass is 14.4. The molecule has 0 aliphatic heterocycles. The molecule has 1 aliphatic rings. The molecule has 47 heavy (non-hydrogen) atoms. The lowest BCUT2D eigenvalue weighted by Gasteiger charge is -2.23. The highest BCUT2D eigenvalue weighted by Gasteiger charge is 2.37. The number of hydrogen-bond acceptors (Lipinski definition) is 0. The molecule has 0 saturated heterocycles. The van der Waals surface area contributed by atoms with Crippen LogP contribution in [0.25, 0.3) is 76.8 Å². The molecule has 9 rings (SSSR count). The molecule has 0 unspecified atom stereocenters. The van der Waals surface area contributed by atoms with Gasteiger partial charge in [0.25, 0.3) is 0 Å². The zero-order valence-electron chi connectivity index (χ0n) is 27.4. The first kappa shape index (κ1) is 27.8. The van der Waals surface area contributed by atoms with Gasteiger partial charge in [0, 0.05) is 5.41 Å². The number of hydrogen-bond donors (Lipinski definition) is 0. The molecule has 0 heteroatoms. The van der Waals surface area contributed by atoms with Gasteiger partial charge in [-0.25, -0.2) is 0 Å². The van der Waals surface area contributed by atoms with Crippen LogP contribution >= 0.6 is 0 Å². The van der Waals surface area contributed by atoms with Gasteiger partial charge in [0.05, 0.1) is 0 Å². The third-order valence-corrected chi connectivity index (χ3v) is 10.8. The summed E-state index contributed by atoms with van der Waals surface area (Å²) in [5, 5.41) is 7.82. The van der Waals surface area contributed by atoms with E-state index in [1.807, 2.05) is 0 Å². The molecule has 1 aliphatic carbocycles. The van der Waals surface area contributed by atoms with Crippen molar-refractivity contribution in [1.29, 1.82) is 0 Å². The maximum Gasteiger partial charge on any atom is 0.0165 e. The smallest absolute Gasteiger partial charge is 0.0165 e. The van der Waals surface area contributed by atoms with Crippen molar-refractivity contribution in [2.24, 2.45) is 0 Å². The Labute approximate surface area is 277 Å². The summed E-state index contributed by atoms with van der Waals surface area (Å²) in [5.41, 5.74) is 15.9. The van der Waals surface area contributed by atoms with Gasteiger partial charge in [0.1, 0.15) is 0 Å². The van der Waals surface area contributed by atoms with Gasteiger partial charge in [0.2, 0.25) is 0 Å². The lowest BCUT2D eigenvalue weighted by atomic mass is 9.79. The highest BCUT2D eigenvalue weighted by molar-refractivity contribution is 6.22. The fourth-order valence-corrected chi connectivity index (χ4v) is 8.57. The molecule has 0 radical (unpaired) electrons. The summed E-state index contributed by atoms with van der Waals surface area (Å²) in [4.78, 5) is 0. The van der Waals surface area contributed by atoms with Crippen molar-refractivity contribution >= 4 is 32.3 Å². The lowest BCUT2D eigenvalue weighted by Crippen LogP contribution is -2.15. The van der Waals surface area contributed by atoms with E-state index < -0.39 is 0 Å². The Kier molecular flexibility index (Phi) is 6.08. The van der Waals surface area contributed by atoms with Crippen molar-refractivity contribution in [2.75, 3.05) is 0 Å². The molecule has 0 N–H and O–H groups in total. The van der Waals surface area contributed by atoms with E-state index in [4.69, 9.17) is 0 Å². The molecule has 8 aromatic carbocycles. The predicted molar refractivity (Wildman–Crippen MR) is 202 cm³/mol. The molecule has 0 spiro atoms. The Morgan fingerprint density at radius 3 is 1.68 bits per heavy atom. The van der Waals surface area contributed by atoms with Crippen LogP contribution in [0.2, 0.25) is 0 Å². The molecule has 0 bridgehead atoms.